The van der Waals surface area contributed by atoms with Crippen LogP contribution in [0.3, 0.4) is 0 Å². The lowest BCUT2D eigenvalue weighted by atomic mass is 9.89. The first-order chi connectivity index (χ1) is 6.38. The van der Waals surface area contributed by atoms with E-state index < -0.39 is 5.41 Å². The van der Waals surface area contributed by atoms with Crippen LogP contribution in [0.15, 0.2) is 5.16 Å². The molecule has 0 rings (SSSR count). The lowest BCUT2D eigenvalue weighted by Crippen LogP contribution is -2.41. The number of amides is 1. The van der Waals surface area contributed by atoms with Crippen LogP contribution in [0.25, 0.3) is 0 Å². The van der Waals surface area contributed by atoms with Crippen molar-refractivity contribution in [3.05, 3.63) is 0 Å². The highest BCUT2D eigenvalue weighted by Crippen LogP contribution is 2.17. The van der Waals surface area contributed by atoms with Gasteiger partial charge in [0.05, 0.1) is 0 Å². The van der Waals surface area contributed by atoms with Crippen molar-refractivity contribution in [2.75, 3.05) is 13.1 Å². The molecule has 0 aliphatic rings. The number of hydrogen-bond donors (Lipinski definition) is 1. The van der Waals surface area contributed by atoms with Gasteiger partial charge in [-0.05, 0) is 13.8 Å². The van der Waals surface area contributed by atoms with E-state index in [0.717, 1.165) is 0 Å². The predicted octanol–water partition coefficient (Wildman–Crippen LogP) is 1.73. The Morgan fingerprint density at radius 1 is 1.29 bits per heavy atom. The van der Waals surface area contributed by atoms with Crippen LogP contribution in [0.2, 0.25) is 0 Å². The van der Waals surface area contributed by atoms with Crippen molar-refractivity contribution >= 4 is 11.6 Å². The molecule has 0 saturated carbocycles. The van der Waals surface area contributed by atoms with Gasteiger partial charge in [0.1, 0.15) is 5.71 Å². The Morgan fingerprint density at radius 3 is 1.93 bits per heavy atom. The first-order valence-electron chi connectivity index (χ1n) is 4.90. The van der Waals surface area contributed by atoms with Gasteiger partial charge in [0.2, 0.25) is 0 Å². The lowest BCUT2D eigenvalue weighted by molar-refractivity contribution is -0.124. The van der Waals surface area contributed by atoms with Crippen LogP contribution in [0.4, 0.5) is 0 Å². The zero-order valence-corrected chi connectivity index (χ0v) is 9.66. The molecule has 0 aromatic rings. The maximum absolute atomic E-state index is 11.8. The fourth-order valence-electron chi connectivity index (χ4n) is 1.17. The van der Waals surface area contributed by atoms with Gasteiger partial charge in [0, 0.05) is 18.5 Å². The van der Waals surface area contributed by atoms with Gasteiger partial charge in [-0.25, -0.2) is 0 Å². The van der Waals surface area contributed by atoms with Crippen molar-refractivity contribution in [1.29, 1.82) is 0 Å². The molecule has 0 bridgehead atoms. The van der Waals surface area contributed by atoms with Crippen molar-refractivity contribution < 1.29 is 10.0 Å². The Hall–Kier alpha value is -1.06. The quantitative estimate of drug-likeness (QED) is 0.428. The van der Waals surface area contributed by atoms with Crippen LogP contribution in [0.1, 0.15) is 34.6 Å². The molecule has 0 aromatic heterocycles. The van der Waals surface area contributed by atoms with Gasteiger partial charge in [0.15, 0.2) is 0 Å². The summed E-state index contributed by atoms with van der Waals surface area (Å²) in [5, 5.41) is 11.9. The van der Waals surface area contributed by atoms with Crippen molar-refractivity contribution in [2.45, 2.75) is 34.6 Å². The molecule has 0 saturated heterocycles. The van der Waals surface area contributed by atoms with Crippen molar-refractivity contribution in [3.63, 3.8) is 0 Å². The number of nitrogens with zero attached hydrogens (tertiary/aromatic N) is 2. The summed E-state index contributed by atoms with van der Waals surface area (Å²) in [6.07, 6.45) is 0. The SMILES string of the molecule is CCN(CC)C(=O)C(=NO)C(C)(C)C. The smallest absolute Gasteiger partial charge is 0.272 e. The van der Waals surface area contributed by atoms with Gasteiger partial charge in [-0.15, -0.1) is 0 Å². The number of oxime groups is 1. The lowest BCUT2D eigenvalue weighted by Gasteiger charge is -2.25. The summed E-state index contributed by atoms with van der Waals surface area (Å²) in [5.74, 6) is -0.190. The third kappa shape index (κ3) is 3.01. The highest BCUT2D eigenvalue weighted by molar-refractivity contribution is 6.40. The Kier molecular flexibility index (Phi) is 4.60. The molecular formula is C10H20N2O2. The Morgan fingerprint density at radius 2 is 1.71 bits per heavy atom. The van der Waals surface area contributed by atoms with E-state index in [1.165, 1.54) is 0 Å². The molecule has 0 radical (unpaired) electrons. The molecule has 0 fully saturated rings. The molecular weight excluding hydrogens is 180 g/mol. The minimum absolute atomic E-state index is 0.190. The fraction of sp³-hybridized carbons (Fsp3) is 0.800. The molecule has 0 atom stereocenters. The van der Waals surface area contributed by atoms with Crippen LogP contribution in [-0.2, 0) is 4.79 Å². The van der Waals surface area contributed by atoms with Gasteiger partial charge in [0.25, 0.3) is 5.91 Å². The highest BCUT2D eigenvalue weighted by atomic mass is 16.4. The van der Waals surface area contributed by atoms with Crippen molar-refractivity contribution in [1.82, 2.24) is 4.90 Å². The molecule has 14 heavy (non-hydrogen) atoms. The zero-order valence-electron chi connectivity index (χ0n) is 9.66. The zero-order chi connectivity index (χ0) is 11.4. The van der Waals surface area contributed by atoms with Gasteiger partial charge < -0.3 is 10.1 Å². The summed E-state index contributed by atoms with van der Waals surface area (Å²) in [4.78, 5) is 13.5. The minimum Gasteiger partial charge on any atom is -0.410 e. The minimum atomic E-state index is -0.422. The summed E-state index contributed by atoms with van der Waals surface area (Å²) in [5.41, 5.74) is -0.213. The Balaban J connectivity index is 4.82. The highest BCUT2D eigenvalue weighted by Gasteiger charge is 2.29. The molecule has 4 nitrogen and oxygen atoms in total. The van der Waals surface area contributed by atoms with E-state index in [4.69, 9.17) is 5.21 Å². The average molecular weight is 200 g/mol. The molecule has 0 aliphatic carbocycles. The largest absolute Gasteiger partial charge is 0.410 e. The molecule has 0 aliphatic heterocycles. The van der Waals surface area contributed by atoms with E-state index in [0.29, 0.717) is 13.1 Å². The molecule has 4 heteroatoms. The topological polar surface area (TPSA) is 52.9 Å². The molecule has 1 amide bonds. The van der Waals surface area contributed by atoms with Crippen LogP contribution in [-0.4, -0.2) is 34.8 Å². The summed E-state index contributed by atoms with van der Waals surface area (Å²) >= 11 is 0. The normalized spacial score (nSPS) is 12.8. The average Bonchev–Trinajstić information content (AvgIpc) is 2.05. The first kappa shape index (κ1) is 12.9. The summed E-state index contributed by atoms with van der Waals surface area (Å²) in [7, 11) is 0. The van der Waals surface area contributed by atoms with Gasteiger partial charge in [-0.2, -0.15) is 0 Å². The monoisotopic (exact) mass is 200 g/mol. The van der Waals surface area contributed by atoms with E-state index >= 15 is 0 Å². The van der Waals surface area contributed by atoms with E-state index in [1.807, 2.05) is 34.6 Å². The van der Waals surface area contributed by atoms with Crippen LogP contribution in [0.5, 0.6) is 0 Å². The molecule has 0 heterocycles. The third-order valence-corrected chi connectivity index (χ3v) is 2.06. The van der Waals surface area contributed by atoms with E-state index in [-0.39, 0.29) is 11.6 Å². The predicted molar refractivity (Wildman–Crippen MR) is 56.6 cm³/mol. The molecule has 1 N–H and O–H groups in total. The number of carbonyl (C=O) groups excluding carboxylic acids is 1. The van der Waals surface area contributed by atoms with E-state index in [1.54, 1.807) is 4.90 Å². The van der Waals surface area contributed by atoms with Gasteiger partial charge in [-0.1, -0.05) is 25.9 Å². The van der Waals surface area contributed by atoms with Crippen LogP contribution < -0.4 is 0 Å². The molecule has 0 spiro atoms. The third-order valence-electron chi connectivity index (χ3n) is 2.06. The number of carbonyl (C=O) groups is 1. The van der Waals surface area contributed by atoms with Crippen molar-refractivity contribution in [3.8, 4) is 0 Å². The van der Waals surface area contributed by atoms with E-state index in [2.05, 4.69) is 5.16 Å². The summed E-state index contributed by atoms with van der Waals surface area (Å²) in [6, 6.07) is 0. The standard InChI is InChI=1S/C10H20N2O2/c1-6-12(7-2)9(13)8(11-14)10(3,4)5/h14H,6-7H2,1-5H3. The Labute approximate surface area is 85.6 Å². The number of rotatable bonds is 3. The summed E-state index contributed by atoms with van der Waals surface area (Å²) in [6.45, 7) is 10.6. The fourth-order valence-corrected chi connectivity index (χ4v) is 1.17. The maximum Gasteiger partial charge on any atom is 0.272 e. The second kappa shape index (κ2) is 4.98. The second-order valence-corrected chi connectivity index (χ2v) is 4.18. The van der Waals surface area contributed by atoms with Crippen LogP contribution >= 0.6 is 0 Å². The first-order valence-corrected chi connectivity index (χ1v) is 4.90. The Bertz CT molecular complexity index is 225. The van der Waals surface area contributed by atoms with Crippen LogP contribution in [0, 0.1) is 5.41 Å². The van der Waals surface area contributed by atoms with Crippen molar-refractivity contribution in [2.24, 2.45) is 10.6 Å². The molecule has 0 aromatic carbocycles. The number of hydrogen-bond acceptors (Lipinski definition) is 3. The summed E-state index contributed by atoms with van der Waals surface area (Å²) < 4.78 is 0. The molecule has 0 unspecified atom stereocenters. The maximum atomic E-state index is 11.8. The van der Waals surface area contributed by atoms with Gasteiger partial charge in [-0.3, -0.25) is 4.79 Å². The van der Waals surface area contributed by atoms with E-state index in [9.17, 15) is 4.79 Å². The second-order valence-electron chi connectivity index (χ2n) is 4.18. The molecule has 82 valence electrons. The van der Waals surface area contributed by atoms with Gasteiger partial charge >= 0.3 is 0 Å².